The molecule has 0 aliphatic rings. The number of hydrogen-bond acceptors (Lipinski definition) is 8. The minimum atomic E-state index is 0.452. The zero-order valence-corrected chi connectivity index (χ0v) is 21.3. The second-order valence-corrected chi connectivity index (χ2v) is 7.90. The summed E-state index contributed by atoms with van der Waals surface area (Å²) >= 11 is 0. The van der Waals surface area contributed by atoms with Crippen molar-refractivity contribution in [3.8, 4) is 5.75 Å². The van der Waals surface area contributed by atoms with E-state index in [4.69, 9.17) is 22.9 Å². The highest BCUT2D eigenvalue weighted by Crippen LogP contribution is 2.18. The summed E-state index contributed by atoms with van der Waals surface area (Å²) in [6.07, 6.45) is 10.3. The lowest BCUT2D eigenvalue weighted by Gasteiger charge is -2.04. The van der Waals surface area contributed by atoms with Crippen LogP contribution < -0.4 is 38.9 Å². The first-order valence-electron chi connectivity index (χ1n) is 12.9. The molecule has 0 saturated carbocycles. The number of aromatic hydroxyl groups is 1. The summed E-state index contributed by atoms with van der Waals surface area (Å²) in [6, 6.07) is 7.67. The van der Waals surface area contributed by atoms with Gasteiger partial charge < -0.3 is 44.0 Å². The van der Waals surface area contributed by atoms with Gasteiger partial charge in [-0.2, -0.15) is 0 Å². The van der Waals surface area contributed by atoms with Gasteiger partial charge in [-0.1, -0.05) is 63.6 Å². The summed E-state index contributed by atoms with van der Waals surface area (Å²) in [5, 5.41) is 18.9. The maximum atomic E-state index is 9.58. The van der Waals surface area contributed by atoms with Gasteiger partial charge in [0, 0.05) is 65.4 Å². The molecule has 1 aromatic rings. The van der Waals surface area contributed by atoms with Crippen LogP contribution in [-0.4, -0.2) is 70.6 Å². The summed E-state index contributed by atoms with van der Waals surface area (Å²) in [6.45, 7) is 10.5. The van der Waals surface area contributed by atoms with Gasteiger partial charge in [-0.3, -0.25) is 0 Å². The molecule has 1 rings (SSSR count). The number of unbranched alkanes of at least 4 members (excludes halogenated alkanes) is 6. The zero-order chi connectivity index (χ0) is 24.8. The van der Waals surface area contributed by atoms with Crippen molar-refractivity contribution in [2.24, 2.45) is 22.9 Å². The lowest BCUT2D eigenvalue weighted by atomic mass is 10.0. The van der Waals surface area contributed by atoms with Crippen molar-refractivity contribution in [1.29, 1.82) is 0 Å². The van der Waals surface area contributed by atoms with E-state index in [0.29, 0.717) is 31.9 Å². The van der Waals surface area contributed by atoms with Gasteiger partial charge in [0.25, 0.3) is 0 Å². The molecule has 0 fully saturated rings. The SMILES string of the molecule is CCCCCCCCCc1ccccc1O.NCCNCCN.NCCNCCNCCN. The van der Waals surface area contributed by atoms with Gasteiger partial charge >= 0.3 is 0 Å². The maximum absolute atomic E-state index is 9.58. The predicted molar refractivity (Wildman–Crippen MR) is 145 cm³/mol. The third-order valence-corrected chi connectivity index (χ3v) is 4.80. The standard InChI is InChI=1S/C15H24O.C6H18N4.C4H13N3/c1-2-3-4-5-6-7-8-11-14-12-9-10-13-15(14)16;7-1-3-9-5-6-10-4-2-8;5-1-3-7-4-2-6/h9-10,12-13,16H,2-8,11H2,1H3;9-10H,1-8H2;7H,1-6H2. The summed E-state index contributed by atoms with van der Waals surface area (Å²) < 4.78 is 0. The lowest BCUT2D eigenvalue weighted by molar-refractivity contribution is 0.466. The van der Waals surface area contributed by atoms with Crippen molar-refractivity contribution in [2.75, 3.05) is 65.4 Å². The number of rotatable bonds is 19. The van der Waals surface area contributed by atoms with Crippen LogP contribution in [0.2, 0.25) is 0 Å². The Morgan fingerprint density at radius 2 is 1.03 bits per heavy atom. The van der Waals surface area contributed by atoms with E-state index in [1.165, 1.54) is 44.9 Å². The fourth-order valence-electron chi connectivity index (χ4n) is 2.95. The molecule has 8 nitrogen and oxygen atoms in total. The van der Waals surface area contributed by atoms with Gasteiger partial charge in [0.05, 0.1) is 0 Å². The van der Waals surface area contributed by atoms with Gasteiger partial charge in [-0.25, -0.2) is 0 Å². The third-order valence-electron chi connectivity index (χ3n) is 4.80. The highest BCUT2D eigenvalue weighted by atomic mass is 16.3. The monoisotopic (exact) mass is 469 g/mol. The van der Waals surface area contributed by atoms with Crippen LogP contribution in [0.5, 0.6) is 5.75 Å². The van der Waals surface area contributed by atoms with E-state index in [1.54, 1.807) is 6.07 Å². The Bertz CT molecular complexity index is 466. The van der Waals surface area contributed by atoms with E-state index < -0.39 is 0 Å². The normalized spacial score (nSPS) is 10.2. The molecule has 0 aliphatic carbocycles. The van der Waals surface area contributed by atoms with E-state index >= 15 is 0 Å². The van der Waals surface area contributed by atoms with Gasteiger partial charge in [0.2, 0.25) is 0 Å². The van der Waals surface area contributed by atoms with Crippen LogP contribution >= 0.6 is 0 Å². The number of phenols is 1. The van der Waals surface area contributed by atoms with Gasteiger partial charge in [0.1, 0.15) is 5.75 Å². The molecule has 0 spiro atoms. The average Bonchev–Trinajstić information content (AvgIpc) is 2.83. The van der Waals surface area contributed by atoms with Crippen molar-refractivity contribution in [2.45, 2.75) is 58.3 Å². The molecule has 0 unspecified atom stereocenters. The van der Waals surface area contributed by atoms with Crippen LogP contribution in [0.4, 0.5) is 0 Å². The minimum Gasteiger partial charge on any atom is -0.508 e. The van der Waals surface area contributed by atoms with E-state index in [2.05, 4.69) is 22.9 Å². The van der Waals surface area contributed by atoms with Crippen molar-refractivity contribution in [1.82, 2.24) is 16.0 Å². The van der Waals surface area contributed by atoms with Crippen molar-refractivity contribution >= 4 is 0 Å². The molecule has 0 radical (unpaired) electrons. The molecule has 0 saturated heterocycles. The summed E-state index contributed by atoms with van der Waals surface area (Å²) in [4.78, 5) is 0. The average molecular weight is 470 g/mol. The fourth-order valence-corrected chi connectivity index (χ4v) is 2.95. The molecule has 8 heteroatoms. The van der Waals surface area contributed by atoms with Crippen molar-refractivity contribution in [3.05, 3.63) is 29.8 Å². The highest BCUT2D eigenvalue weighted by molar-refractivity contribution is 5.31. The van der Waals surface area contributed by atoms with E-state index in [9.17, 15) is 5.11 Å². The van der Waals surface area contributed by atoms with E-state index in [0.717, 1.165) is 51.3 Å². The molecule has 0 atom stereocenters. The molecule has 196 valence electrons. The number of nitrogens with two attached hydrogens (primary N) is 4. The van der Waals surface area contributed by atoms with Gasteiger partial charge in [0.15, 0.2) is 0 Å². The highest BCUT2D eigenvalue weighted by Gasteiger charge is 1.98. The van der Waals surface area contributed by atoms with Crippen LogP contribution in [-0.2, 0) is 6.42 Å². The number of hydrogen-bond donors (Lipinski definition) is 8. The topological polar surface area (TPSA) is 160 Å². The Labute approximate surface area is 203 Å². The van der Waals surface area contributed by atoms with Crippen molar-refractivity contribution < 1.29 is 5.11 Å². The number of phenolic OH excluding ortho intramolecular Hbond substituents is 1. The lowest BCUT2D eigenvalue weighted by Crippen LogP contribution is -2.32. The number of para-hydroxylation sites is 1. The molecule has 33 heavy (non-hydrogen) atoms. The predicted octanol–water partition coefficient (Wildman–Crippen LogP) is 1.26. The molecule has 12 N–H and O–H groups in total. The van der Waals surface area contributed by atoms with Crippen LogP contribution in [0.15, 0.2) is 24.3 Å². The molecule has 0 aromatic heterocycles. The second kappa shape index (κ2) is 30.7. The number of nitrogens with one attached hydrogen (secondary N) is 3. The van der Waals surface area contributed by atoms with E-state index in [1.807, 2.05) is 18.2 Å². The smallest absolute Gasteiger partial charge is 0.118 e. The Hall–Kier alpha value is -1.26. The molecule has 0 aliphatic heterocycles. The third kappa shape index (κ3) is 28.7. The first-order chi connectivity index (χ1) is 16.2. The zero-order valence-electron chi connectivity index (χ0n) is 21.3. The minimum absolute atomic E-state index is 0.452. The molecular formula is C25H55N7O. The maximum Gasteiger partial charge on any atom is 0.118 e. The molecular weight excluding hydrogens is 414 g/mol. The Balaban J connectivity index is 0. The fraction of sp³-hybridized carbons (Fsp3) is 0.760. The first kappa shape index (κ1) is 33.9. The summed E-state index contributed by atoms with van der Waals surface area (Å²) in [5.74, 6) is 0.452. The van der Waals surface area contributed by atoms with Crippen molar-refractivity contribution in [3.63, 3.8) is 0 Å². The Kier molecular flexibility index (Phi) is 31.6. The molecule has 1 aromatic carbocycles. The van der Waals surface area contributed by atoms with Gasteiger partial charge in [-0.05, 0) is 24.5 Å². The van der Waals surface area contributed by atoms with Crippen LogP contribution in [0.1, 0.15) is 57.4 Å². The van der Waals surface area contributed by atoms with Gasteiger partial charge in [-0.15, -0.1) is 0 Å². The molecule has 0 amide bonds. The van der Waals surface area contributed by atoms with E-state index in [-0.39, 0.29) is 0 Å². The second-order valence-electron chi connectivity index (χ2n) is 7.90. The summed E-state index contributed by atoms with van der Waals surface area (Å²) in [7, 11) is 0. The Morgan fingerprint density at radius 1 is 0.606 bits per heavy atom. The Morgan fingerprint density at radius 3 is 1.48 bits per heavy atom. The molecule has 0 bridgehead atoms. The van der Waals surface area contributed by atoms with Crippen LogP contribution in [0.25, 0.3) is 0 Å². The largest absolute Gasteiger partial charge is 0.508 e. The number of benzene rings is 1. The molecule has 0 heterocycles. The quantitative estimate of drug-likeness (QED) is 0.141. The number of aryl methyl sites for hydroxylation is 1. The van der Waals surface area contributed by atoms with Crippen LogP contribution in [0.3, 0.4) is 0 Å². The van der Waals surface area contributed by atoms with Crippen LogP contribution in [0, 0.1) is 0 Å². The first-order valence-corrected chi connectivity index (χ1v) is 12.9. The summed E-state index contributed by atoms with van der Waals surface area (Å²) in [5.41, 5.74) is 22.0.